The Balaban J connectivity index is 2.54. The zero-order valence-electron chi connectivity index (χ0n) is 11.3. The van der Waals surface area contributed by atoms with E-state index in [-0.39, 0.29) is 10.7 Å². The maximum atomic E-state index is 12.0. The molecule has 0 saturated heterocycles. The minimum atomic E-state index is -0.125. The van der Waals surface area contributed by atoms with E-state index in [4.69, 9.17) is 4.74 Å². The molecule has 0 heterocycles. The molecule has 18 heavy (non-hydrogen) atoms. The Morgan fingerprint density at radius 1 is 1.22 bits per heavy atom. The van der Waals surface area contributed by atoms with E-state index in [1.807, 2.05) is 56.0 Å². The van der Waals surface area contributed by atoms with Crippen LogP contribution in [0.15, 0.2) is 30.3 Å². The summed E-state index contributed by atoms with van der Waals surface area (Å²) in [5.41, 5.74) is -0.125. The van der Waals surface area contributed by atoms with Crippen LogP contribution in [-0.4, -0.2) is 28.7 Å². The maximum absolute atomic E-state index is 12.0. The molecule has 4 heteroatoms. The number of carbonyl (C=O) groups excluding carboxylic acids is 1. The number of nitrogens with zero attached hydrogens (tertiary/aromatic N) is 1. The number of para-hydroxylation sites is 1. The number of amides is 1. The minimum Gasteiger partial charge on any atom is -0.479 e. The average molecular weight is 267 g/mol. The quantitative estimate of drug-likeness (QED) is 0.730. The second kappa shape index (κ2) is 8.03. The molecule has 1 atom stereocenters. The van der Waals surface area contributed by atoms with Crippen LogP contribution in [0.1, 0.15) is 27.2 Å². The standard InChI is InChI=1S/C14H21NO2S/c1-4-13(17-12-10-8-7-9-11-12)18-14(16)15(5-2)6-3/h7-11,13H,4-6H2,1-3H3. The van der Waals surface area contributed by atoms with Crippen molar-refractivity contribution in [2.75, 3.05) is 13.1 Å². The topological polar surface area (TPSA) is 29.5 Å². The van der Waals surface area contributed by atoms with Crippen molar-refractivity contribution < 1.29 is 9.53 Å². The fraction of sp³-hybridized carbons (Fsp3) is 0.500. The van der Waals surface area contributed by atoms with Gasteiger partial charge in [-0.05, 0) is 44.2 Å². The van der Waals surface area contributed by atoms with E-state index < -0.39 is 0 Å². The molecular formula is C14H21NO2S. The normalized spacial score (nSPS) is 11.9. The maximum Gasteiger partial charge on any atom is 0.285 e. The summed E-state index contributed by atoms with van der Waals surface area (Å²) < 4.78 is 5.79. The van der Waals surface area contributed by atoms with Gasteiger partial charge in [-0.3, -0.25) is 4.79 Å². The van der Waals surface area contributed by atoms with Gasteiger partial charge < -0.3 is 9.64 Å². The first-order chi connectivity index (χ1) is 8.71. The zero-order valence-corrected chi connectivity index (χ0v) is 12.1. The number of benzene rings is 1. The molecule has 0 bridgehead atoms. The van der Waals surface area contributed by atoms with Crippen molar-refractivity contribution in [2.24, 2.45) is 0 Å². The third kappa shape index (κ3) is 4.61. The van der Waals surface area contributed by atoms with Crippen LogP contribution in [0.3, 0.4) is 0 Å². The highest BCUT2D eigenvalue weighted by molar-refractivity contribution is 8.13. The molecule has 0 aliphatic heterocycles. The van der Waals surface area contributed by atoms with Crippen LogP contribution in [0, 0.1) is 0 Å². The van der Waals surface area contributed by atoms with Gasteiger partial charge in [-0.2, -0.15) is 0 Å². The monoisotopic (exact) mass is 267 g/mol. The van der Waals surface area contributed by atoms with Crippen LogP contribution in [0.5, 0.6) is 5.75 Å². The van der Waals surface area contributed by atoms with Crippen molar-refractivity contribution in [1.29, 1.82) is 0 Å². The lowest BCUT2D eigenvalue weighted by molar-refractivity contribution is 0.226. The van der Waals surface area contributed by atoms with E-state index in [0.717, 1.165) is 25.3 Å². The molecule has 0 aromatic heterocycles. The van der Waals surface area contributed by atoms with E-state index in [2.05, 4.69) is 0 Å². The van der Waals surface area contributed by atoms with Crippen molar-refractivity contribution in [3.05, 3.63) is 30.3 Å². The van der Waals surface area contributed by atoms with E-state index in [0.29, 0.717) is 0 Å². The first kappa shape index (κ1) is 14.9. The third-order valence-corrected chi connectivity index (χ3v) is 3.75. The van der Waals surface area contributed by atoms with Gasteiger partial charge in [0.15, 0.2) is 5.44 Å². The molecule has 100 valence electrons. The second-order valence-corrected chi connectivity index (χ2v) is 4.94. The van der Waals surface area contributed by atoms with Gasteiger partial charge in [-0.25, -0.2) is 0 Å². The van der Waals surface area contributed by atoms with Gasteiger partial charge in [-0.1, -0.05) is 25.1 Å². The number of ether oxygens (including phenoxy) is 1. The van der Waals surface area contributed by atoms with Gasteiger partial charge in [0.25, 0.3) is 5.24 Å². The first-order valence-corrected chi connectivity index (χ1v) is 7.26. The molecular weight excluding hydrogens is 246 g/mol. The lowest BCUT2D eigenvalue weighted by atomic mass is 10.3. The van der Waals surface area contributed by atoms with Crippen molar-refractivity contribution >= 4 is 17.0 Å². The van der Waals surface area contributed by atoms with Crippen molar-refractivity contribution in [3.63, 3.8) is 0 Å². The molecule has 1 rings (SSSR count). The lowest BCUT2D eigenvalue weighted by Crippen LogP contribution is -2.29. The molecule has 0 fully saturated rings. The summed E-state index contributed by atoms with van der Waals surface area (Å²) in [6.07, 6.45) is 0.798. The molecule has 0 saturated carbocycles. The molecule has 0 spiro atoms. The second-order valence-electron chi connectivity index (χ2n) is 3.82. The zero-order chi connectivity index (χ0) is 13.4. The van der Waals surface area contributed by atoms with Gasteiger partial charge in [-0.15, -0.1) is 0 Å². The Morgan fingerprint density at radius 3 is 2.33 bits per heavy atom. The number of carbonyl (C=O) groups is 1. The molecule has 1 amide bonds. The van der Waals surface area contributed by atoms with Gasteiger partial charge in [0.05, 0.1) is 0 Å². The Kier molecular flexibility index (Phi) is 6.65. The summed E-state index contributed by atoms with van der Waals surface area (Å²) >= 11 is 1.26. The summed E-state index contributed by atoms with van der Waals surface area (Å²) in [5, 5.41) is 0.0859. The lowest BCUT2D eigenvalue weighted by Gasteiger charge is -2.22. The predicted molar refractivity (Wildman–Crippen MR) is 77.1 cm³/mol. The third-order valence-electron chi connectivity index (χ3n) is 2.60. The van der Waals surface area contributed by atoms with Crippen LogP contribution in [-0.2, 0) is 0 Å². The summed E-state index contributed by atoms with van der Waals surface area (Å²) in [7, 11) is 0. The number of hydrogen-bond acceptors (Lipinski definition) is 3. The van der Waals surface area contributed by atoms with E-state index in [9.17, 15) is 4.79 Å². The summed E-state index contributed by atoms with van der Waals surface area (Å²) in [6, 6.07) is 9.62. The van der Waals surface area contributed by atoms with Gasteiger partial charge in [0.1, 0.15) is 5.75 Å². The molecule has 0 radical (unpaired) electrons. The van der Waals surface area contributed by atoms with E-state index in [1.54, 1.807) is 0 Å². The molecule has 1 unspecified atom stereocenters. The smallest absolute Gasteiger partial charge is 0.285 e. The summed E-state index contributed by atoms with van der Waals surface area (Å²) in [4.78, 5) is 13.8. The van der Waals surface area contributed by atoms with Crippen LogP contribution in [0.2, 0.25) is 0 Å². The highest BCUT2D eigenvalue weighted by Crippen LogP contribution is 2.22. The predicted octanol–water partition coefficient (Wildman–Crippen LogP) is 4.00. The van der Waals surface area contributed by atoms with Gasteiger partial charge in [0.2, 0.25) is 0 Å². The van der Waals surface area contributed by atoms with Crippen LogP contribution < -0.4 is 4.74 Å². The Morgan fingerprint density at radius 2 is 1.83 bits per heavy atom. The molecule has 1 aromatic carbocycles. The Labute approximate surface area is 114 Å². The average Bonchev–Trinajstić information content (AvgIpc) is 2.40. The Hall–Kier alpha value is -1.16. The first-order valence-electron chi connectivity index (χ1n) is 6.38. The highest BCUT2D eigenvalue weighted by Gasteiger charge is 2.18. The van der Waals surface area contributed by atoms with Crippen molar-refractivity contribution in [1.82, 2.24) is 4.90 Å². The SMILES string of the molecule is CCC(Oc1ccccc1)SC(=O)N(CC)CC. The van der Waals surface area contributed by atoms with Crippen LogP contribution >= 0.6 is 11.8 Å². The van der Waals surface area contributed by atoms with Gasteiger partial charge >= 0.3 is 0 Å². The fourth-order valence-corrected chi connectivity index (χ4v) is 2.47. The summed E-state index contributed by atoms with van der Waals surface area (Å²) in [6.45, 7) is 7.48. The van der Waals surface area contributed by atoms with E-state index in [1.165, 1.54) is 11.8 Å². The summed E-state index contributed by atoms with van der Waals surface area (Å²) in [5.74, 6) is 0.809. The van der Waals surface area contributed by atoms with Gasteiger partial charge in [0, 0.05) is 13.1 Å². The molecule has 1 aromatic rings. The van der Waals surface area contributed by atoms with Crippen molar-refractivity contribution in [3.8, 4) is 5.75 Å². The fourth-order valence-electron chi connectivity index (χ4n) is 1.51. The minimum absolute atomic E-state index is 0.0859. The largest absolute Gasteiger partial charge is 0.479 e. The number of rotatable bonds is 6. The molecule has 3 nitrogen and oxygen atoms in total. The van der Waals surface area contributed by atoms with Crippen molar-refractivity contribution in [2.45, 2.75) is 32.6 Å². The van der Waals surface area contributed by atoms with Crippen LogP contribution in [0.25, 0.3) is 0 Å². The number of thioether (sulfide) groups is 1. The molecule has 0 aliphatic carbocycles. The van der Waals surface area contributed by atoms with E-state index >= 15 is 0 Å². The van der Waals surface area contributed by atoms with Crippen LogP contribution in [0.4, 0.5) is 4.79 Å². The Bertz CT molecular complexity index is 352. The number of hydrogen-bond donors (Lipinski definition) is 0. The molecule has 0 N–H and O–H groups in total. The molecule has 0 aliphatic rings. The highest BCUT2D eigenvalue weighted by atomic mass is 32.2.